The third kappa shape index (κ3) is 3.80. The van der Waals surface area contributed by atoms with Crippen LogP contribution in [0.3, 0.4) is 0 Å². The van der Waals surface area contributed by atoms with Crippen molar-refractivity contribution in [1.82, 2.24) is 0 Å². The topological polar surface area (TPSA) is 58.6 Å². The van der Waals surface area contributed by atoms with Gasteiger partial charge in [-0.2, -0.15) is 0 Å². The SMILES string of the molecule is COc1cc(C(=O)[O-])ccc1OCc1ccc(Cl)cc1Cl. The molecule has 0 aliphatic carbocycles. The molecular weight excluding hydrogens is 315 g/mol. The second-order valence-electron chi connectivity index (χ2n) is 4.18. The highest BCUT2D eigenvalue weighted by Gasteiger charge is 2.08. The molecule has 0 aliphatic heterocycles. The van der Waals surface area contributed by atoms with Crippen molar-refractivity contribution in [1.29, 1.82) is 0 Å². The molecule has 4 nitrogen and oxygen atoms in total. The normalized spacial score (nSPS) is 10.2. The Bertz CT molecular complexity index is 671. The summed E-state index contributed by atoms with van der Waals surface area (Å²) in [5.41, 5.74) is 0.774. The fraction of sp³-hybridized carbons (Fsp3) is 0.133. The lowest BCUT2D eigenvalue weighted by Crippen LogP contribution is -2.22. The van der Waals surface area contributed by atoms with Crippen molar-refractivity contribution in [2.45, 2.75) is 6.61 Å². The van der Waals surface area contributed by atoms with E-state index in [-0.39, 0.29) is 12.2 Å². The van der Waals surface area contributed by atoms with Crippen LogP contribution in [0.1, 0.15) is 15.9 Å². The van der Waals surface area contributed by atoms with Gasteiger partial charge in [-0.25, -0.2) is 0 Å². The van der Waals surface area contributed by atoms with Crippen LogP contribution in [0.5, 0.6) is 11.5 Å². The monoisotopic (exact) mass is 325 g/mol. The van der Waals surface area contributed by atoms with Crippen LogP contribution in [-0.4, -0.2) is 13.1 Å². The summed E-state index contributed by atoms with van der Waals surface area (Å²) in [7, 11) is 1.43. The largest absolute Gasteiger partial charge is 0.545 e. The van der Waals surface area contributed by atoms with Gasteiger partial charge in [0.1, 0.15) is 6.61 Å². The first-order valence-corrected chi connectivity index (χ1v) is 6.73. The Hall–Kier alpha value is -1.91. The molecule has 0 saturated heterocycles. The Morgan fingerprint density at radius 3 is 2.52 bits per heavy atom. The molecule has 0 unspecified atom stereocenters. The van der Waals surface area contributed by atoms with Crippen LogP contribution >= 0.6 is 23.2 Å². The number of rotatable bonds is 5. The Morgan fingerprint density at radius 2 is 1.90 bits per heavy atom. The van der Waals surface area contributed by atoms with Crippen molar-refractivity contribution in [3.63, 3.8) is 0 Å². The number of benzene rings is 2. The fourth-order valence-corrected chi connectivity index (χ4v) is 2.17. The second-order valence-corrected chi connectivity index (χ2v) is 5.02. The maximum Gasteiger partial charge on any atom is 0.161 e. The number of carbonyl (C=O) groups is 1. The molecule has 0 spiro atoms. The van der Waals surface area contributed by atoms with E-state index in [2.05, 4.69) is 0 Å². The van der Waals surface area contributed by atoms with Gasteiger partial charge in [-0.1, -0.05) is 29.3 Å². The molecule has 6 heteroatoms. The van der Waals surface area contributed by atoms with Gasteiger partial charge < -0.3 is 19.4 Å². The smallest absolute Gasteiger partial charge is 0.161 e. The van der Waals surface area contributed by atoms with Crippen LogP contribution in [0.2, 0.25) is 10.0 Å². The molecule has 0 aliphatic rings. The molecule has 2 aromatic carbocycles. The van der Waals surface area contributed by atoms with Crippen molar-refractivity contribution >= 4 is 29.2 Å². The lowest BCUT2D eigenvalue weighted by atomic mass is 10.2. The lowest BCUT2D eigenvalue weighted by molar-refractivity contribution is -0.255. The van der Waals surface area contributed by atoms with Crippen molar-refractivity contribution in [2.75, 3.05) is 7.11 Å². The van der Waals surface area contributed by atoms with Gasteiger partial charge in [0.2, 0.25) is 0 Å². The Kier molecular flexibility index (Phi) is 4.94. The molecule has 0 atom stereocenters. The van der Waals surface area contributed by atoms with Crippen molar-refractivity contribution in [3.05, 3.63) is 57.6 Å². The molecule has 0 bridgehead atoms. The molecule has 21 heavy (non-hydrogen) atoms. The van der Waals surface area contributed by atoms with Gasteiger partial charge in [0, 0.05) is 21.2 Å². The predicted octanol–water partition coefficient (Wildman–Crippen LogP) is 2.94. The van der Waals surface area contributed by atoms with E-state index >= 15 is 0 Å². The van der Waals surface area contributed by atoms with E-state index in [1.807, 2.05) is 0 Å². The van der Waals surface area contributed by atoms with E-state index in [4.69, 9.17) is 32.7 Å². The molecule has 0 fully saturated rings. The number of halogens is 2. The standard InChI is InChI=1S/C15H12Cl2O4/c1-20-14-6-9(15(18)19)3-5-13(14)21-8-10-2-4-11(16)7-12(10)17/h2-7H,8H2,1H3,(H,18,19)/p-1. The minimum absolute atomic E-state index is 0.0173. The van der Waals surface area contributed by atoms with Gasteiger partial charge in [-0.15, -0.1) is 0 Å². The van der Waals surface area contributed by atoms with Crippen molar-refractivity contribution in [3.8, 4) is 11.5 Å². The summed E-state index contributed by atoms with van der Waals surface area (Å²) in [5, 5.41) is 11.8. The van der Waals surface area contributed by atoms with E-state index in [1.54, 1.807) is 18.2 Å². The quantitative estimate of drug-likeness (QED) is 0.848. The minimum atomic E-state index is -1.28. The van der Waals surface area contributed by atoms with E-state index in [0.29, 0.717) is 21.5 Å². The minimum Gasteiger partial charge on any atom is -0.545 e. The van der Waals surface area contributed by atoms with Crippen molar-refractivity contribution < 1.29 is 19.4 Å². The van der Waals surface area contributed by atoms with E-state index < -0.39 is 5.97 Å². The summed E-state index contributed by atoms with van der Waals surface area (Å²) < 4.78 is 10.7. The number of hydrogen-bond donors (Lipinski definition) is 0. The van der Waals surface area contributed by atoms with Crippen LogP contribution in [0.25, 0.3) is 0 Å². The first-order valence-electron chi connectivity index (χ1n) is 5.97. The van der Waals surface area contributed by atoms with Crippen LogP contribution in [0, 0.1) is 0 Å². The summed E-state index contributed by atoms with van der Waals surface area (Å²) in [6.45, 7) is 0.205. The fourth-order valence-electron chi connectivity index (χ4n) is 1.71. The lowest BCUT2D eigenvalue weighted by Gasteiger charge is -2.13. The zero-order valence-electron chi connectivity index (χ0n) is 11.1. The highest BCUT2D eigenvalue weighted by atomic mass is 35.5. The van der Waals surface area contributed by atoms with Crippen LogP contribution in [0.15, 0.2) is 36.4 Å². The van der Waals surface area contributed by atoms with Crippen LogP contribution in [0.4, 0.5) is 0 Å². The first kappa shape index (κ1) is 15.5. The Labute approximate surface area is 131 Å². The summed E-state index contributed by atoms with van der Waals surface area (Å²) in [5.74, 6) is -0.559. The molecule has 2 rings (SSSR count). The maximum atomic E-state index is 10.8. The molecule has 0 heterocycles. The average Bonchev–Trinajstić information content (AvgIpc) is 2.46. The zero-order chi connectivity index (χ0) is 15.4. The van der Waals surface area contributed by atoms with E-state index in [1.165, 1.54) is 25.3 Å². The number of carboxylic acid groups (broad SMARTS) is 1. The number of hydrogen-bond acceptors (Lipinski definition) is 4. The number of aromatic carboxylic acids is 1. The Morgan fingerprint density at radius 1 is 1.14 bits per heavy atom. The maximum absolute atomic E-state index is 10.8. The van der Waals surface area contributed by atoms with Crippen LogP contribution < -0.4 is 14.6 Å². The van der Waals surface area contributed by atoms with Gasteiger partial charge in [-0.3, -0.25) is 0 Å². The summed E-state index contributed by atoms with van der Waals surface area (Å²) >= 11 is 11.9. The third-order valence-electron chi connectivity index (χ3n) is 2.80. The second kappa shape index (κ2) is 6.70. The molecule has 0 amide bonds. The van der Waals surface area contributed by atoms with Gasteiger partial charge >= 0.3 is 0 Å². The summed E-state index contributed by atoms with van der Waals surface area (Å²) in [6, 6.07) is 9.33. The zero-order valence-corrected chi connectivity index (χ0v) is 12.6. The summed E-state index contributed by atoms with van der Waals surface area (Å²) in [6.07, 6.45) is 0. The van der Waals surface area contributed by atoms with Gasteiger partial charge in [0.25, 0.3) is 0 Å². The summed E-state index contributed by atoms with van der Waals surface area (Å²) in [4.78, 5) is 10.8. The molecular formula is C15H11Cl2O4-. The number of ether oxygens (including phenoxy) is 2. The van der Waals surface area contributed by atoms with Gasteiger partial charge in [0.05, 0.1) is 13.1 Å². The molecule has 0 aromatic heterocycles. The van der Waals surface area contributed by atoms with Crippen molar-refractivity contribution in [2.24, 2.45) is 0 Å². The number of carbonyl (C=O) groups excluding carboxylic acids is 1. The molecule has 0 saturated carbocycles. The number of methoxy groups -OCH3 is 1. The number of carboxylic acids is 1. The average molecular weight is 326 g/mol. The first-order chi connectivity index (χ1) is 10.0. The van der Waals surface area contributed by atoms with Crippen LogP contribution in [-0.2, 0) is 6.61 Å². The van der Waals surface area contributed by atoms with Gasteiger partial charge in [-0.05, 0) is 30.3 Å². The highest BCUT2D eigenvalue weighted by Crippen LogP contribution is 2.30. The molecule has 110 valence electrons. The van der Waals surface area contributed by atoms with E-state index in [9.17, 15) is 9.90 Å². The molecule has 2 aromatic rings. The molecule has 0 N–H and O–H groups in total. The highest BCUT2D eigenvalue weighted by molar-refractivity contribution is 6.35. The van der Waals surface area contributed by atoms with Gasteiger partial charge in [0.15, 0.2) is 11.5 Å². The molecule has 0 radical (unpaired) electrons. The Balaban J connectivity index is 2.17. The third-order valence-corrected chi connectivity index (χ3v) is 3.38. The van der Waals surface area contributed by atoms with E-state index in [0.717, 1.165) is 5.56 Å². The predicted molar refractivity (Wildman–Crippen MR) is 78.1 cm³/mol.